The first-order chi connectivity index (χ1) is 6.84. The van der Waals surface area contributed by atoms with Gasteiger partial charge in [-0.1, -0.05) is 51.9 Å². The van der Waals surface area contributed by atoms with Crippen LogP contribution in [0.25, 0.3) is 0 Å². The van der Waals surface area contributed by atoms with Gasteiger partial charge in [0, 0.05) is 0 Å². The fourth-order valence-electron chi connectivity index (χ4n) is 1.77. The molecule has 1 aliphatic rings. The van der Waals surface area contributed by atoms with Crippen molar-refractivity contribution in [2.24, 2.45) is 0 Å². The summed E-state index contributed by atoms with van der Waals surface area (Å²) in [4.78, 5) is 0. The van der Waals surface area contributed by atoms with E-state index in [0.717, 1.165) is 19.4 Å². The van der Waals surface area contributed by atoms with Gasteiger partial charge in [0.2, 0.25) is 0 Å². The third-order valence-corrected chi connectivity index (χ3v) is 2.89. The molecule has 1 fully saturated rings. The van der Waals surface area contributed by atoms with E-state index in [0.29, 0.717) is 0 Å². The van der Waals surface area contributed by atoms with Crippen LogP contribution in [0.15, 0.2) is 0 Å². The predicted molar refractivity (Wildman–Crippen MR) is 58.4 cm³/mol. The first-order valence-electron chi connectivity index (χ1n) is 6.14. The largest absolute Gasteiger partial charge is 0.390 e. The summed E-state index contributed by atoms with van der Waals surface area (Å²) in [6, 6.07) is 0. The van der Waals surface area contributed by atoms with Gasteiger partial charge in [-0.25, -0.2) is 0 Å². The van der Waals surface area contributed by atoms with E-state index in [2.05, 4.69) is 6.92 Å². The molecule has 1 saturated heterocycles. The smallest absolute Gasteiger partial charge is 0.107 e. The Bertz CT molecular complexity index is 132. The maximum absolute atomic E-state index is 9.50. The minimum absolute atomic E-state index is 0.176. The van der Waals surface area contributed by atoms with Crippen molar-refractivity contribution in [3.8, 4) is 0 Å². The second-order valence-electron chi connectivity index (χ2n) is 4.35. The van der Waals surface area contributed by atoms with Crippen molar-refractivity contribution in [1.82, 2.24) is 0 Å². The predicted octanol–water partition coefficient (Wildman–Crippen LogP) is 2.89. The Labute approximate surface area is 87.7 Å². The zero-order chi connectivity index (χ0) is 10.2. The minimum atomic E-state index is -0.189. The van der Waals surface area contributed by atoms with E-state index in [4.69, 9.17) is 4.74 Å². The van der Waals surface area contributed by atoms with Crippen LogP contribution >= 0.6 is 0 Å². The van der Waals surface area contributed by atoms with Crippen LogP contribution in [0.5, 0.6) is 0 Å². The van der Waals surface area contributed by atoms with Crippen molar-refractivity contribution >= 4 is 0 Å². The van der Waals surface area contributed by atoms with E-state index >= 15 is 0 Å². The van der Waals surface area contributed by atoms with Gasteiger partial charge in [-0.05, 0) is 6.42 Å². The zero-order valence-electron chi connectivity index (χ0n) is 9.37. The highest BCUT2D eigenvalue weighted by Gasteiger charge is 2.30. The summed E-state index contributed by atoms with van der Waals surface area (Å²) >= 11 is 0. The average molecular weight is 200 g/mol. The molecule has 2 atom stereocenters. The molecular formula is C12H24O2. The van der Waals surface area contributed by atoms with E-state index in [9.17, 15) is 5.11 Å². The van der Waals surface area contributed by atoms with Crippen LogP contribution in [-0.2, 0) is 4.74 Å². The topological polar surface area (TPSA) is 32.8 Å². The summed E-state index contributed by atoms with van der Waals surface area (Å²) in [6.45, 7) is 3.02. The monoisotopic (exact) mass is 200 g/mol. The lowest BCUT2D eigenvalue weighted by atomic mass is 10.1. The summed E-state index contributed by atoms with van der Waals surface area (Å²) in [6.07, 6.45) is 10.1. The van der Waals surface area contributed by atoms with Gasteiger partial charge in [-0.15, -0.1) is 0 Å². The molecule has 84 valence electrons. The van der Waals surface area contributed by atoms with Gasteiger partial charge in [-0.2, -0.15) is 0 Å². The summed E-state index contributed by atoms with van der Waals surface area (Å²) in [5, 5.41) is 9.50. The molecule has 0 spiro atoms. The highest BCUT2D eigenvalue weighted by atomic mass is 16.6. The van der Waals surface area contributed by atoms with Crippen molar-refractivity contribution < 1.29 is 9.84 Å². The van der Waals surface area contributed by atoms with E-state index < -0.39 is 0 Å². The van der Waals surface area contributed by atoms with E-state index in [-0.39, 0.29) is 12.2 Å². The molecule has 0 aliphatic carbocycles. The first-order valence-corrected chi connectivity index (χ1v) is 6.14. The van der Waals surface area contributed by atoms with E-state index in [1.54, 1.807) is 0 Å². The standard InChI is InChI=1S/C12H24O2/c1-2-3-4-5-6-7-8-9-11(13)12-10-14-12/h11-13H,2-10H2,1H3/t11-,12-/m1/s1. The Hall–Kier alpha value is -0.0800. The number of aliphatic hydroxyl groups is 1. The Balaban J connectivity index is 1.75. The van der Waals surface area contributed by atoms with Crippen LogP contribution in [0.4, 0.5) is 0 Å². The van der Waals surface area contributed by atoms with Crippen molar-refractivity contribution in [3.63, 3.8) is 0 Å². The normalized spacial score (nSPS) is 22.3. The van der Waals surface area contributed by atoms with Crippen LogP contribution < -0.4 is 0 Å². The lowest BCUT2D eigenvalue weighted by Crippen LogP contribution is -2.13. The number of epoxide rings is 1. The number of hydrogen-bond acceptors (Lipinski definition) is 2. The molecule has 1 aliphatic heterocycles. The van der Waals surface area contributed by atoms with Crippen LogP contribution in [0, 0.1) is 0 Å². The van der Waals surface area contributed by atoms with Gasteiger partial charge in [0.1, 0.15) is 6.10 Å². The number of aliphatic hydroxyl groups excluding tert-OH is 1. The molecule has 0 aromatic rings. The summed E-state index contributed by atoms with van der Waals surface area (Å²) in [7, 11) is 0. The average Bonchev–Trinajstić information content (AvgIpc) is 2.99. The quantitative estimate of drug-likeness (QED) is 0.458. The molecule has 0 aromatic carbocycles. The highest BCUT2D eigenvalue weighted by Crippen LogP contribution is 2.19. The Morgan fingerprint density at radius 3 is 2.29 bits per heavy atom. The summed E-state index contributed by atoms with van der Waals surface area (Å²) in [5.74, 6) is 0. The molecule has 0 bridgehead atoms. The second kappa shape index (κ2) is 7.24. The first kappa shape index (κ1) is 12.0. The Morgan fingerprint density at radius 1 is 1.14 bits per heavy atom. The van der Waals surface area contributed by atoms with E-state index in [1.807, 2.05) is 0 Å². The molecule has 0 radical (unpaired) electrons. The van der Waals surface area contributed by atoms with Gasteiger partial charge < -0.3 is 9.84 Å². The maximum Gasteiger partial charge on any atom is 0.107 e. The van der Waals surface area contributed by atoms with Crippen molar-refractivity contribution in [2.45, 2.75) is 70.5 Å². The van der Waals surface area contributed by atoms with Crippen LogP contribution in [0.3, 0.4) is 0 Å². The fourth-order valence-corrected chi connectivity index (χ4v) is 1.77. The molecular weight excluding hydrogens is 176 g/mol. The molecule has 0 aromatic heterocycles. The summed E-state index contributed by atoms with van der Waals surface area (Å²) < 4.78 is 5.03. The zero-order valence-corrected chi connectivity index (χ0v) is 9.37. The number of rotatable bonds is 9. The van der Waals surface area contributed by atoms with E-state index in [1.165, 1.54) is 38.5 Å². The molecule has 0 unspecified atom stereocenters. The van der Waals surface area contributed by atoms with Crippen molar-refractivity contribution in [3.05, 3.63) is 0 Å². The lowest BCUT2D eigenvalue weighted by Gasteiger charge is -2.06. The molecule has 0 amide bonds. The summed E-state index contributed by atoms with van der Waals surface area (Å²) in [5.41, 5.74) is 0. The van der Waals surface area contributed by atoms with Crippen molar-refractivity contribution in [1.29, 1.82) is 0 Å². The number of hydrogen-bond donors (Lipinski definition) is 1. The molecule has 14 heavy (non-hydrogen) atoms. The third kappa shape index (κ3) is 5.61. The molecule has 1 rings (SSSR count). The second-order valence-corrected chi connectivity index (χ2v) is 4.35. The third-order valence-electron chi connectivity index (χ3n) is 2.89. The number of ether oxygens (including phenoxy) is 1. The molecule has 1 N–H and O–H groups in total. The number of unbranched alkanes of at least 4 members (excludes halogenated alkanes) is 6. The van der Waals surface area contributed by atoms with Crippen LogP contribution in [0.2, 0.25) is 0 Å². The van der Waals surface area contributed by atoms with Gasteiger partial charge in [-0.3, -0.25) is 0 Å². The van der Waals surface area contributed by atoms with Crippen molar-refractivity contribution in [2.75, 3.05) is 6.61 Å². The molecule has 2 nitrogen and oxygen atoms in total. The van der Waals surface area contributed by atoms with Gasteiger partial charge >= 0.3 is 0 Å². The van der Waals surface area contributed by atoms with Crippen LogP contribution in [-0.4, -0.2) is 23.9 Å². The van der Waals surface area contributed by atoms with Crippen LogP contribution in [0.1, 0.15) is 58.3 Å². The lowest BCUT2D eigenvalue weighted by molar-refractivity contribution is 0.123. The van der Waals surface area contributed by atoms with Gasteiger partial charge in [0.05, 0.1) is 12.7 Å². The molecule has 0 saturated carbocycles. The molecule has 2 heteroatoms. The molecule has 1 heterocycles. The Morgan fingerprint density at radius 2 is 1.71 bits per heavy atom. The highest BCUT2D eigenvalue weighted by molar-refractivity contribution is 4.77. The fraction of sp³-hybridized carbons (Fsp3) is 1.00. The van der Waals surface area contributed by atoms with Gasteiger partial charge in [0.15, 0.2) is 0 Å². The maximum atomic E-state index is 9.50. The minimum Gasteiger partial charge on any atom is -0.390 e. The van der Waals surface area contributed by atoms with Gasteiger partial charge in [0.25, 0.3) is 0 Å². The SMILES string of the molecule is CCCCCCCCC[C@@H](O)[C@H]1CO1. The Kier molecular flexibility index (Phi) is 6.20.